The molecule has 1 unspecified atom stereocenters. The molecule has 1 aliphatic heterocycles. The Morgan fingerprint density at radius 2 is 2.00 bits per heavy atom. The second kappa shape index (κ2) is 8.09. The van der Waals surface area contributed by atoms with Gasteiger partial charge in [-0.05, 0) is 42.8 Å². The van der Waals surface area contributed by atoms with Gasteiger partial charge in [0.25, 0.3) is 0 Å². The van der Waals surface area contributed by atoms with Gasteiger partial charge in [-0.1, -0.05) is 12.1 Å². The highest BCUT2D eigenvalue weighted by Crippen LogP contribution is 2.34. The molecule has 0 bridgehead atoms. The highest BCUT2D eigenvalue weighted by molar-refractivity contribution is 6.13. The first-order valence-electron chi connectivity index (χ1n) is 9.88. The van der Waals surface area contributed by atoms with Crippen LogP contribution in [-0.2, 0) is 0 Å². The molecule has 1 fully saturated rings. The predicted molar refractivity (Wildman–Crippen MR) is 115 cm³/mol. The van der Waals surface area contributed by atoms with Crippen molar-refractivity contribution in [3.05, 3.63) is 54.7 Å². The van der Waals surface area contributed by atoms with Gasteiger partial charge in [0.2, 0.25) is 5.88 Å². The van der Waals surface area contributed by atoms with E-state index in [1.807, 2.05) is 4.68 Å². The molecule has 1 aliphatic rings. The number of nitrogen functional groups attached to an aromatic ring is 1. The summed E-state index contributed by atoms with van der Waals surface area (Å²) in [5.74, 6) is 0.269. The van der Waals surface area contributed by atoms with Crippen LogP contribution in [0.5, 0.6) is 11.6 Å². The van der Waals surface area contributed by atoms with E-state index < -0.39 is 5.82 Å². The number of fused-ring (bicyclic) bond motifs is 1. The molecular weight excluding hydrogens is 421 g/mol. The van der Waals surface area contributed by atoms with Gasteiger partial charge < -0.3 is 10.5 Å². The molecule has 1 atom stereocenters. The number of para-hydroxylation sites is 1. The van der Waals surface area contributed by atoms with Crippen LogP contribution in [0.4, 0.5) is 10.2 Å². The van der Waals surface area contributed by atoms with E-state index in [-0.39, 0.29) is 17.7 Å². The van der Waals surface area contributed by atoms with Gasteiger partial charge in [-0.2, -0.15) is 5.10 Å². The third-order valence-electron chi connectivity index (χ3n) is 5.27. The van der Waals surface area contributed by atoms with Crippen molar-refractivity contribution >= 4 is 28.6 Å². The lowest BCUT2D eigenvalue weighted by Crippen LogP contribution is -2.31. The van der Waals surface area contributed by atoms with E-state index >= 15 is 0 Å². The van der Waals surface area contributed by atoms with Crippen LogP contribution >= 0.6 is 11.8 Å². The highest BCUT2D eigenvalue weighted by Gasteiger charge is 2.26. The first-order chi connectivity index (χ1) is 15.1. The minimum Gasteiger partial charge on any atom is -0.436 e. The monoisotopic (exact) mass is 439 g/mol. The van der Waals surface area contributed by atoms with E-state index in [2.05, 4.69) is 15.0 Å². The summed E-state index contributed by atoms with van der Waals surface area (Å²) in [5, 5.41) is 5.48. The van der Waals surface area contributed by atoms with Crippen molar-refractivity contribution in [3.8, 4) is 22.9 Å². The van der Waals surface area contributed by atoms with Crippen LogP contribution in [0.2, 0.25) is 0 Å². The molecule has 5 rings (SSSR count). The summed E-state index contributed by atoms with van der Waals surface area (Å²) in [6.07, 6.45) is 4.96. The van der Waals surface area contributed by atoms with E-state index in [0.717, 1.165) is 24.9 Å². The summed E-state index contributed by atoms with van der Waals surface area (Å²) in [5.41, 5.74) is 8.20. The zero-order valence-electron chi connectivity index (χ0n) is 16.4. The Kier molecular flexibility index (Phi) is 5.13. The molecule has 158 valence electrons. The number of benzene rings is 1. The lowest BCUT2D eigenvalue weighted by molar-refractivity contribution is 0.266. The van der Waals surface area contributed by atoms with Crippen molar-refractivity contribution in [2.75, 3.05) is 18.8 Å². The summed E-state index contributed by atoms with van der Waals surface area (Å²) >= 11 is 6.25. The number of ether oxygens (including phenoxy) is 1. The lowest BCUT2D eigenvalue weighted by atomic mass is 10.1. The summed E-state index contributed by atoms with van der Waals surface area (Å²) in [7, 11) is 0. The molecule has 0 spiro atoms. The zero-order valence-corrected chi connectivity index (χ0v) is 17.2. The fourth-order valence-corrected chi connectivity index (χ4v) is 4.06. The van der Waals surface area contributed by atoms with Crippen molar-refractivity contribution in [3.63, 3.8) is 0 Å². The van der Waals surface area contributed by atoms with Crippen molar-refractivity contribution < 1.29 is 9.13 Å². The number of hydrogen-bond acceptors (Lipinski definition) is 7. The summed E-state index contributed by atoms with van der Waals surface area (Å²) in [6, 6.07) is 9.71. The number of anilines is 1. The summed E-state index contributed by atoms with van der Waals surface area (Å²) in [4.78, 5) is 12.9. The Balaban J connectivity index is 1.52. The van der Waals surface area contributed by atoms with E-state index in [0.29, 0.717) is 29.1 Å². The Hall–Kier alpha value is -3.30. The normalized spacial score (nSPS) is 17.2. The van der Waals surface area contributed by atoms with Crippen LogP contribution in [0.1, 0.15) is 18.9 Å². The SMILES string of the molecule is Nc1ncnc2c1c(-c1ccc(Oc3ccccc3F)nc1)nn2C1CCCN(Cl)C1. The lowest BCUT2D eigenvalue weighted by Gasteiger charge is -2.27. The first kappa shape index (κ1) is 19.7. The average Bonchev–Trinajstić information content (AvgIpc) is 3.17. The molecule has 8 nitrogen and oxygen atoms in total. The standard InChI is InChI=1S/C21H19ClFN7O/c22-29-9-3-4-14(11-29)30-21-18(20(24)26-12-27-21)19(28-30)13-7-8-17(25-10-13)31-16-6-2-1-5-15(16)23/h1-2,5-8,10,12,14H,3-4,9,11H2,(H2,24,26,27). The average molecular weight is 440 g/mol. The number of aromatic nitrogens is 5. The Morgan fingerprint density at radius 1 is 1.13 bits per heavy atom. The molecule has 31 heavy (non-hydrogen) atoms. The Labute approximate surface area is 182 Å². The van der Waals surface area contributed by atoms with E-state index in [1.165, 1.54) is 12.4 Å². The van der Waals surface area contributed by atoms with Gasteiger partial charge in [-0.3, -0.25) is 0 Å². The van der Waals surface area contributed by atoms with Crippen LogP contribution in [0.15, 0.2) is 48.9 Å². The van der Waals surface area contributed by atoms with Crippen LogP contribution in [0, 0.1) is 5.82 Å². The predicted octanol–water partition coefficient (Wildman–Crippen LogP) is 4.19. The van der Waals surface area contributed by atoms with Crippen molar-refractivity contribution in [2.45, 2.75) is 18.9 Å². The van der Waals surface area contributed by atoms with Crippen molar-refractivity contribution in [1.82, 2.24) is 29.2 Å². The van der Waals surface area contributed by atoms with Crippen LogP contribution < -0.4 is 10.5 Å². The number of hydrogen-bond donors (Lipinski definition) is 1. The fourth-order valence-electron chi connectivity index (χ4n) is 3.78. The van der Waals surface area contributed by atoms with E-state index in [9.17, 15) is 4.39 Å². The first-order valence-corrected chi connectivity index (χ1v) is 10.2. The molecule has 1 saturated heterocycles. The number of nitrogens with zero attached hydrogens (tertiary/aromatic N) is 6. The van der Waals surface area contributed by atoms with Crippen molar-refractivity contribution in [2.24, 2.45) is 0 Å². The third kappa shape index (κ3) is 3.77. The number of pyridine rings is 1. The molecule has 10 heteroatoms. The van der Waals surface area contributed by atoms with Gasteiger partial charge in [0.15, 0.2) is 17.2 Å². The Bertz CT molecular complexity index is 1230. The van der Waals surface area contributed by atoms with E-state index in [1.54, 1.807) is 40.9 Å². The van der Waals surface area contributed by atoms with Gasteiger partial charge in [-0.15, -0.1) is 0 Å². The molecule has 4 aromatic rings. The molecule has 3 aromatic heterocycles. The number of rotatable bonds is 4. The number of halogens is 2. The van der Waals surface area contributed by atoms with Gasteiger partial charge in [0.1, 0.15) is 17.8 Å². The van der Waals surface area contributed by atoms with Gasteiger partial charge in [0.05, 0.1) is 11.4 Å². The molecule has 0 amide bonds. The minimum atomic E-state index is -0.455. The molecule has 0 saturated carbocycles. The smallest absolute Gasteiger partial charge is 0.219 e. The third-order valence-corrected chi connectivity index (χ3v) is 5.58. The maximum atomic E-state index is 13.8. The molecule has 1 aromatic carbocycles. The zero-order chi connectivity index (χ0) is 21.4. The van der Waals surface area contributed by atoms with Crippen LogP contribution in [0.25, 0.3) is 22.3 Å². The fraction of sp³-hybridized carbons (Fsp3) is 0.238. The van der Waals surface area contributed by atoms with Gasteiger partial charge in [-0.25, -0.2) is 28.4 Å². The molecule has 0 aliphatic carbocycles. The Morgan fingerprint density at radius 3 is 2.77 bits per heavy atom. The maximum Gasteiger partial charge on any atom is 0.219 e. The summed E-state index contributed by atoms with van der Waals surface area (Å²) in [6.45, 7) is 1.50. The number of piperidine rings is 1. The number of nitrogens with two attached hydrogens (primary N) is 1. The van der Waals surface area contributed by atoms with Crippen LogP contribution in [-0.4, -0.2) is 42.2 Å². The largest absolute Gasteiger partial charge is 0.436 e. The van der Waals surface area contributed by atoms with E-state index in [4.69, 9.17) is 27.3 Å². The molecule has 2 N–H and O–H groups in total. The quantitative estimate of drug-likeness (QED) is 0.476. The summed E-state index contributed by atoms with van der Waals surface area (Å²) < 4.78 is 23.0. The minimum absolute atomic E-state index is 0.0772. The van der Waals surface area contributed by atoms with Gasteiger partial charge >= 0.3 is 0 Å². The topological polar surface area (TPSA) is 95.0 Å². The van der Waals surface area contributed by atoms with Crippen LogP contribution in [0.3, 0.4) is 0 Å². The maximum absolute atomic E-state index is 13.8. The van der Waals surface area contributed by atoms with Crippen molar-refractivity contribution in [1.29, 1.82) is 0 Å². The second-order valence-electron chi connectivity index (χ2n) is 7.33. The molecule has 0 radical (unpaired) electrons. The molecular formula is C21H19ClFN7O. The molecule has 4 heterocycles. The highest BCUT2D eigenvalue weighted by atomic mass is 35.5. The second-order valence-corrected chi connectivity index (χ2v) is 7.81. The van der Waals surface area contributed by atoms with Gasteiger partial charge in [0, 0.05) is 30.9 Å².